The van der Waals surface area contributed by atoms with Crippen LogP contribution in [-0.4, -0.2) is 29.8 Å². The molecule has 0 unspecified atom stereocenters. The van der Waals surface area contributed by atoms with E-state index in [1.54, 1.807) is 0 Å². The first-order chi connectivity index (χ1) is 16.1. The highest BCUT2D eigenvalue weighted by atomic mass is 19.4. The second-order valence-corrected chi connectivity index (χ2v) is 7.87. The minimum Gasteiger partial charge on any atom is -0.480 e. The monoisotopic (exact) mass is 473 g/mol. The Morgan fingerprint density at radius 3 is 2.09 bits per heavy atom. The van der Waals surface area contributed by atoms with Gasteiger partial charge in [0, 0.05) is 12.3 Å². The first-order valence-electron chi connectivity index (χ1n) is 10.3. The lowest BCUT2D eigenvalue weighted by Gasteiger charge is -2.18. The van der Waals surface area contributed by atoms with Gasteiger partial charge in [-0.3, -0.25) is 0 Å². The van der Waals surface area contributed by atoms with E-state index in [1.165, 1.54) is 0 Å². The van der Waals surface area contributed by atoms with Crippen molar-refractivity contribution >= 4 is 12.1 Å². The molecule has 0 saturated heterocycles. The average molecular weight is 473 g/mol. The molecule has 0 fully saturated rings. The molecule has 0 heterocycles. The topological polar surface area (TPSA) is 75.6 Å². The van der Waals surface area contributed by atoms with Crippen LogP contribution in [0.25, 0.3) is 11.1 Å². The number of carbonyl (C=O) groups is 2. The van der Waals surface area contributed by atoms with Gasteiger partial charge in [-0.15, -0.1) is 0 Å². The number of halogens is 4. The second-order valence-electron chi connectivity index (χ2n) is 7.87. The highest BCUT2D eigenvalue weighted by molar-refractivity contribution is 5.81. The molecule has 5 nitrogen and oxygen atoms in total. The Bertz CT molecular complexity index is 1200. The minimum absolute atomic E-state index is 0.0547. The van der Waals surface area contributed by atoms with Gasteiger partial charge >= 0.3 is 18.2 Å². The largest absolute Gasteiger partial charge is 0.480 e. The van der Waals surface area contributed by atoms with Crippen LogP contribution in [0.1, 0.15) is 28.2 Å². The van der Waals surface area contributed by atoms with Crippen molar-refractivity contribution in [3.05, 3.63) is 94.8 Å². The predicted octanol–water partition coefficient (Wildman–Crippen LogP) is 5.38. The molecule has 0 saturated carbocycles. The molecule has 1 aliphatic rings. The lowest BCUT2D eigenvalue weighted by Crippen LogP contribution is -2.43. The zero-order chi connectivity index (χ0) is 24.5. The molecule has 34 heavy (non-hydrogen) atoms. The molecule has 0 aliphatic heterocycles. The number of fused-ring (bicyclic) bond motifs is 3. The maximum Gasteiger partial charge on any atom is 0.416 e. The molecular formula is C25H19F4NO4. The lowest BCUT2D eigenvalue weighted by molar-refractivity contribution is -0.139. The van der Waals surface area contributed by atoms with Crippen molar-refractivity contribution in [3.8, 4) is 11.1 Å². The van der Waals surface area contributed by atoms with Gasteiger partial charge in [0.25, 0.3) is 0 Å². The molecule has 0 radical (unpaired) electrons. The SMILES string of the molecule is O=C(N[C@@H](Cc1ccc(C(F)(F)F)cc1F)C(=O)O)OCC1c2ccccc2-c2ccccc21. The molecule has 3 aromatic rings. The quantitative estimate of drug-likeness (QED) is 0.472. The van der Waals surface area contributed by atoms with Gasteiger partial charge in [0.15, 0.2) is 0 Å². The van der Waals surface area contributed by atoms with Gasteiger partial charge in [0.1, 0.15) is 18.5 Å². The number of hydrogen-bond acceptors (Lipinski definition) is 3. The minimum atomic E-state index is -4.73. The number of amides is 1. The van der Waals surface area contributed by atoms with Gasteiger partial charge in [-0.05, 0) is 39.9 Å². The van der Waals surface area contributed by atoms with Crippen molar-refractivity contribution in [2.45, 2.75) is 24.6 Å². The number of carboxylic acid groups (broad SMARTS) is 1. The summed E-state index contributed by atoms with van der Waals surface area (Å²) in [5, 5.41) is 11.6. The summed E-state index contributed by atoms with van der Waals surface area (Å²) >= 11 is 0. The van der Waals surface area contributed by atoms with Gasteiger partial charge in [0.2, 0.25) is 0 Å². The first-order valence-corrected chi connectivity index (χ1v) is 10.3. The van der Waals surface area contributed by atoms with E-state index < -0.39 is 42.1 Å². The van der Waals surface area contributed by atoms with E-state index >= 15 is 0 Å². The summed E-state index contributed by atoms with van der Waals surface area (Å²) in [4.78, 5) is 24.0. The number of rotatable bonds is 6. The predicted molar refractivity (Wildman–Crippen MR) is 115 cm³/mol. The molecule has 2 N–H and O–H groups in total. The highest BCUT2D eigenvalue weighted by Crippen LogP contribution is 2.44. The molecule has 1 amide bonds. The Hall–Kier alpha value is -3.88. The van der Waals surface area contributed by atoms with Crippen LogP contribution in [-0.2, 0) is 22.1 Å². The van der Waals surface area contributed by atoms with Crippen LogP contribution >= 0.6 is 0 Å². The number of alkyl carbamates (subject to hydrolysis) is 1. The standard InChI is InChI=1S/C25H19F4NO4/c26-21-12-15(25(27,28)29)10-9-14(21)11-22(23(31)32)30-24(33)34-13-20-18-7-3-1-5-16(18)17-6-2-4-8-19(17)20/h1-10,12,20,22H,11,13H2,(H,30,33)(H,31,32)/t22-/m0/s1. The van der Waals surface area contributed by atoms with Crippen LogP contribution in [0.3, 0.4) is 0 Å². The Morgan fingerprint density at radius 1 is 0.971 bits per heavy atom. The van der Waals surface area contributed by atoms with Crippen molar-refractivity contribution in [3.63, 3.8) is 0 Å². The van der Waals surface area contributed by atoms with Crippen LogP contribution in [0.2, 0.25) is 0 Å². The van der Waals surface area contributed by atoms with Gasteiger partial charge in [-0.1, -0.05) is 54.6 Å². The summed E-state index contributed by atoms with van der Waals surface area (Å²) < 4.78 is 57.6. The average Bonchev–Trinajstić information content (AvgIpc) is 3.11. The molecule has 3 aromatic carbocycles. The van der Waals surface area contributed by atoms with E-state index in [9.17, 15) is 32.3 Å². The molecule has 0 bridgehead atoms. The third-order valence-corrected chi connectivity index (χ3v) is 5.74. The molecule has 0 spiro atoms. The first kappa shape index (κ1) is 23.3. The molecule has 1 aliphatic carbocycles. The zero-order valence-corrected chi connectivity index (χ0v) is 17.6. The number of alkyl halides is 3. The van der Waals surface area contributed by atoms with Crippen molar-refractivity contribution in [1.82, 2.24) is 5.32 Å². The van der Waals surface area contributed by atoms with Crippen LogP contribution in [0.5, 0.6) is 0 Å². The van der Waals surface area contributed by atoms with Crippen LogP contribution in [0, 0.1) is 5.82 Å². The van der Waals surface area contributed by atoms with Crippen LogP contribution in [0.15, 0.2) is 66.7 Å². The number of ether oxygens (including phenoxy) is 1. The third kappa shape index (κ3) is 4.73. The van der Waals surface area contributed by atoms with Crippen molar-refractivity contribution in [2.24, 2.45) is 0 Å². The Kier molecular flexibility index (Phi) is 6.28. The molecule has 1 atom stereocenters. The summed E-state index contributed by atoms with van der Waals surface area (Å²) in [6.07, 6.45) is -6.31. The van der Waals surface area contributed by atoms with Gasteiger partial charge in [0.05, 0.1) is 5.56 Å². The van der Waals surface area contributed by atoms with E-state index in [0.717, 1.165) is 28.3 Å². The number of benzene rings is 3. The van der Waals surface area contributed by atoms with Crippen LogP contribution < -0.4 is 5.32 Å². The molecular weight excluding hydrogens is 454 g/mol. The summed E-state index contributed by atoms with van der Waals surface area (Å²) in [5.74, 6) is -2.93. The summed E-state index contributed by atoms with van der Waals surface area (Å²) in [7, 11) is 0. The second kappa shape index (κ2) is 9.17. The fraction of sp³-hybridized carbons (Fsp3) is 0.200. The smallest absolute Gasteiger partial charge is 0.416 e. The molecule has 4 rings (SSSR count). The number of aliphatic carboxylic acids is 1. The van der Waals surface area contributed by atoms with E-state index in [4.69, 9.17) is 4.74 Å². The summed E-state index contributed by atoms with van der Waals surface area (Å²) in [6.45, 7) is -0.0547. The number of carboxylic acids is 1. The number of hydrogen-bond donors (Lipinski definition) is 2. The van der Waals surface area contributed by atoms with Crippen molar-refractivity contribution in [1.29, 1.82) is 0 Å². The highest BCUT2D eigenvalue weighted by Gasteiger charge is 2.32. The Balaban J connectivity index is 1.43. The third-order valence-electron chi connectivity index (χ3n) is 5.74. The zero-order valence-electron chi connectivity index (χ0n) is 17.6. The lowest BCUT2D eigenvalue weighted by atomic mass is 9.98. The van der Waals surface area contributed by atoms with E-state index in [2.05, 4.69) is 5.32 Å². The van der Waals surface area contributed by atoms with Crippen molar-refractivity contribution < 1.29 is 37.0 Å². The number of carbonyl (C=O) groups excluding carboxylic acids is 1. The van der Waals surface area contributed by atoms with E-state index in [0.29, 0.717) is 12.1 Å². The Labute approximate surface area is 192 Å². The van der Waals surface area contributed by atoms with E-state index in [1.807, 2.05) is 48.5 Å². The Morgan fingerprint density at radius 2 is 1.56 bits per heavy atom. The summed E-state index contributed by atoms with van der Waals surface area (Å²) in [6, 6.07) is 15.5. The summed E-state index contributed by atoms with van der Waals surface area (Å²) in [5.41, 5.74) is 2.52. The maximum atomic E-state index is 14.1. The van der Waals surface area contributed by atoms with Gasteiger partial charge in [-0.2, -0.15) is 13.2 Å². The molecule has 176 valence electrons. The van der Waals surface area contributed by atoms with Crippen LogP contribution in [0.4, 0.5) is 22.4 Å². The van der Waals surface area contributed by atoms with Gasteiger partial charge < -0.3 is 15.2 Å². The number of nitrogens with one attached hydrogen (secondary N) is 1. The fourth-order valence-corrected chi connectivity index (χ4v) is 4.09. The molecule has 9 heteroatoms. The van der Waals surface area contributed by atoms with Crippen molar-refractivity contribution in [2.75, 3.05) is 6.61 Å². The maximum absolute atomic E-state index is 14.1. The normalized spacial score (nSPS) is 13.6. The van der Waals surface area contributed by atoms with Gasteiger partial charge in [-0.25, -0.2) is 14.0 Å². The van der Waals surface area contributed by atoms with E-state index in [-0.39, 0.29) is 18.1 Å². The molecule has 0 aromatic heterocycles. The fourth-order valence-electron chi connectivity index (χ4n) is 4.09.